The molecule has 1 fully saturated rings. The van der Waals surface area contributed by atoms with E-state index < -0.39 is 0 Å². The van der Waals surface area contributed by atoms with Crippen LogP contribution in [0.25, 0.3) is 0 Å². The highest BCUT2D eigenvalue weighted by molar-refractivity contribution is 4.99. The Kier molecular flexibility index (Phi) is 2.50. The van der Waals surface area contributed by atoms with Crippen LogP contribution in [-0.2, 0) is 4.74 Å². The highest BCUT2D eigenvalue weighted by atomic mass is 16.5. The molecule has 0 aromatic rings. The Labute approximate surface area is 75.5 Å². The van der Waals surface area contributed by atoms with Crippen LogP contribution < -0.4 is 5.73 Å². The molecule has 2 heteroatoms. The summed E-state index contributed by atoms with van der Waals surface area (Å²) in [6, 6.07) is 0.278. The van der Waals surface area contributed by atoms with Gasteiger partial charge in [-0.2, -0.15) is 0 Å². The van der Waals surface area contributed by atoms with Crippen LogP contribution in [0.5, 0.6) is 0 Å². The van der Waals surface area contributed by atoms with Gasteiger partial charge in [-0.1, -0.05) is 0 Å². The fourth-order valence-corrected chi connectivity index (χ4v) is 1.25. The van der Waals surface area contributed by atoms with Crippen LogP contribution in [0, 0.1) is 5.41 Å². The van der Waals surface area contributed by atoms with Gasteiger partial charge in [0, 0.05) is 11.5 Å². The summed E-state index contributed by atoms with van der Waals surface area (Å²) in [5.74, 6) is 0. The van der Waals surface area contributed by atoms with Gasteiger partial charge in [0.1, 0.15) is 0 Å². The molecular weight excluding hydrogens is 150 g/mol. The summed E-state index contributed by atoms with van der Waals surface area (Å²) in [6.45, 7) is 9.17. The zero-order valence-corrected chi connectivity index (χ0v) is 8.68. The number of ether oxygens (including phenoxy) is 1. The molecule has 2 N–H and O–H groups in total. The third kappa shape index (κ3) is 2.46. The first-order valence-corrected chi connectivity index (χ1v) is 4.75. The molecule has 0 saturated heterocycles. The van der Waals surface area contributed by atoms with E-state index in [9.17, 15) is 0 Å². The van der Waals surface area contributed by atoms with Crippen LogP contribution in [0.15, 0.2) is 0 Å². The first-order valence-electron chi connectivity index (χ1n) is 4.75. The number of rotatable bonds is 3. The molecule has 0 bridgehead atoms. The van der Waals surface area contributed by atoms with Crippen molar-refractivity contribution in [3.05, 3.63) is 0 Å². The van der Waals surface area contributed by atoms with Gasteiger partial charge in [0.2, 0.25) is 0 Å². The standard InChI is InChI=1S/C10H21NO/c1-8(11)10(5-6-10)7-12-9(2,3)4/h8H,5-7,11H2,1-4H3. The summed E-state index contributed by atoms with van der Waals surface area (Å²) in [4.78, 5) is 0. The lowest BCUT2D eigenvalue weighted by Gasteiger charge is -2.26. The third-order valence-corrected chi connectivity index (χ3v) is 2.65. The van der Waals surface area contributed by atoms with Gasteiger partial charge >= 0.3 is 0 Å². The maximum atomic E-state index is 5.88. The van der Waals surface area contributed by atoms with E-state index in [0.717, 1.165) is 6.61 Å². The maximum absolute atomic E-state index is 5.88. The second kappa shape index (κ2) is 3.00. The first-order chi connectivity index (χ1) is 5.36. The minimum atomic E-state index is -0.0233. The van der Waals surface area contributed by atoms with Crippen LogP contribution in [0.2, 0.25) is 0 Å². The Balaban J connectivity index is 2.32. The van der Waals surface area contributed by atoms with Crippen LogP contribution in [0.1, 0.15) is 40.5 Å². The summed E-state index contributed by atoms with van der Waals surface area (Å²) in [5, 5.41) is 0. The Bertz CT molecular complexity index is 154. The molecule has 0 spiro atoms. The smallest absolute Gasteiger partial charge is 0.0598 e. The van der Waals surface area contributed by atoms with Crippen LogP contribution in [-0.4, -0.2) is 18.2 Å². The summed E-state index contributed by atoms with van der Waals surface area (Å²) in [7, 11) is 0. The molecule has 0 aromatic carbocycles. The van der Waals surface area contributed by atoms with Crippen molar-refractivity contribution in [2.24, 2.45) is 11.1 Å². The van der Waals surface area contributed by atoms with Gasteiger partial charge in [-0.15, -0.1) is 0 Å². The molecular formula is C10H21NO. The molecule has 1 rings (SSSR count). The molecule has 12 heavy (non-hydrogen) atoms. The molecule has 1 saturated carbocycles. The van der Waals surface area contributed by atoms with Gasteiger partial charge in [0.05, 0.1) is 12.2 Å². The van der Waals surface area contributed by atoms with Gasteiger partial charge in [0.15, 0.2) is 0 Å². The third-order valence-electron chi connectivity index (χ3n) is 2.65. The van der Waals surface area contributed by atoms with Crippen molar-refractivity contribution >= 4 is 0 Å². The minimum absolute atomic E-state index is 0.0233. The molecule has 0 radical (unpaired) electrons. The summed E-state index contributed by atoms with van der Waals surface area (Å²) >= 11 is 0. The van der Waals surface area contributed by atoms with E-state index in [1.807, 2.05) is 0 Å². The zero-order chi connectivity index (χ0) is 9.41. The second-order valence-electron chi connectivity index (χ2n) is 5.05. The van der Waals surface area contributed by atoms with E-state index in [1.54, 1.807) is 0 Å². The summed E-state index contributed by atoms with van der Waals surface area (Å²) in [6.07, 6.45) is 2.47. The van der Waals surface area contributed by atoms with Gasteiger partial charge in [-0.3, -0.25) is 0 Å². The molecule has 1 unspecified atom stereocenters. The monoisotopic (exact) mass is 171 g/mol. The lowest BCUT2D eigenvalue weighted by atomic mass is 10.00. The van der Waals surface area contributed by atoms with Crippen molar-refractivity contribution < 1.29 is 4.74 Å². The summed E-state index contributed by atoms with van der Waals surface area (Å²) in [5.41, 5.74) is 6.17. The van der Waals surface area contributed by atoms with Crippen LogP contribution >= 0.6 is 0 Å². The molecule has 0 aromatic heterocycles. The van der Waals surface area contributed by atoms with Gasteiger partial charge < -0.3 is 10.5 Å². The average molecular weight is 171 g/mol. The highest BCUT2D eigenvalue weighted by Crippen LogP contribution is 2.48. The van der Waals surface area contributed by atoms with E-state index in [0.29, 0.717) is 5.41 Å². The molecule has 0 heterocycles. The fraction of sp³-hybridized carbons (Fsp3) is 1.00. The van der Waals surface area contributed by atoms with E-state index in [1.165, 1.54) is 12.8 Å². The molecule has 1 atom stereocenters. The first kappa shape index (κ1) is 10.0. The van der Waals surface area contributed by atoms with Crippen LogP contribution in [0.4, 0.5) is 0 Å². The second-order valence-corrected chi connectivity index (χ2v) is 5.05. The van der Waals surface area contributed by atoms with Gasteiger partial charge in [-0.25, -0.2) is 0 Å². The average Bonchev–Trinajstić information content (AvgIpc) is 2.61. The highest BCUT2D eigenvalue weighted by Gasteiger charge is 2.46. The van der Waals surface area contributed by atoms with Gasteiger partial charge in [-0.05, 0) is 40.5 Å². The Morgan fingerprint density at radius 1 is 1.42 bits per heavy atom. The Hall–Kier alpha value is -0.0800. The molecule has 0 aliphatic heterocycles. The SMILES string of the molecule is CC(N)C1(COC(C)(C)C)CC1. The lowest BCUT2D eigenvalue weighted by molar-refractivity contribution is -0.0314. The Morgan fingerprint density at radius 3 is 2.17 bits per heavy atom. The molecule has 1 aliphatic rings. The zero-order valence-electron chi connectivity index (χ0n) is 8.68. The molecule has 72 valence electrons. The topological polar surface area (TPSA) is 35.2 Å². The van der Waals surface area contributed by atoms with Crippen molar-refractivity contribution in [3.8, 4) is 0 Å². The fourth-order valence-electron chi connectivity index (χ4n) is 1.25. The lowest BCUT2D eigenvalue weighted by Crippen LogP contribution is -2.35. The number of nitrogens with two attached hydrogens (primary N) is 1. The Morgan fingerprint density at radius 2 is 1.92 bits per heavy atom. The minimum Gasteiger partial charge on any atom is -0.375 e. The maximum Gasteiger partial charge on any atom is 0.0598 e. The number of hydrogen-bond donors (Lipinski definition) is 1. The van der Waals surface area contributed by atoms with Crippen molar-refractivity contribution in [1.82, 2.24) is 0 Å². The molecule has 0 amide bonds. The van der Waals surface area contributed by atoms with E-state index in [4.69, 9.17) is 10.5 Å². The summed E-state index contributed by atoms with van der Waals surface area (Å²) < 4.78 is 5.74. The van der Waals surface area contributed by atoms with Crippen LogP contribution in [0.3, 0.4) is 0 Å². The predicted molar refractivity (Wildman–Crippen MR) is 51.0 cm³/mol. The predicted octanol–water partition coefficient (Wildman–Crippen LogP) is 1.93. The van der Waals surface area contributed by atoms with Gasteiger partial charge in [0.25, 0.3) is 0 Å². The molecule has 1 aliphatic carbocycles. The van der Waals surface area contributed by atoms with E-state index in [-0.39, 0.29) is 11.6 Å². The van der Waals surface area contributed by atoms with E-state index >= 15 is 0 Å². The quantitative estimate of drug-likeness (QED) is 0.704. The van der Waals surface area contributed by atoms with Crippen molar-refractivity contribution in [3.63, 3.8) is 0 Å². The molecule has 2 nitrogen and oxygen atoms in total. The largest absolute Gasteiger partial charge is 0.375 e. The number of hydrogen-bond acceptors (Lipinski definition) is 2. The van der Waals surface area contributed by atoms with Crippen molar-refractivity contribution in [2.75, 3.05) is 6.61 Å². The van der Waals surface area contributed by atoms with Crippen molar-refractivity contribution in [2.45, 2.75) is 52.2 Å². The normalized spacial score (nSPS) is 23.8. The van der Waals surface area contributed by atoms with E-state index in [2.05, 4.69) is 27.7 Å². The van der Waals surface area contributed by atoms with Crippen molar-refractivity contribution in [1.29, 1.82) is 0 Å².